The Morgan fingerprint density at radius 3 is 2.81 bits per heavy atom. The van der Waals surface area contributed by atoms with Gasteiger partial charge in [0.2, 0.25) is 0 Å². The van der Waals surface area contributed by atoms with Gasteiger partial charge in [-0.3, -0.25) is 5.10 Å². The number of halogens is 2. The Kier molecular flexibility index (Phi) is 5.87. The van der Waals surface area contributed by atoms with Gasteiger partial charge in [-0.25, -0.2) is 4.63 Å². The predicted octanol–water partition coefficient (Wildman–Crippen LogP) is 2.73. The molecule has 0 fully saturated rings. The van der Waals surface area contributed by atoms with Crippen LogP contribution in [-0.2, 0) is 0 Å². The number of aromatic amines is 1. The highest BCUT2D eigenvalue weighted by Gasteiger charge is 2.34. The maximum atomic E-state index is 9.86. The topological polar surface area (TPSA) is 115 Å². The first-order valence-electron chi connectivity index (χ1n) is 7.57. The SMILES string of the molecule is CNC(C)C1=C(C#N)C(c2cccc3nonc23)c2cn[nH]c2N1.Cl.Cl. The molecule has 4 rings (SSSR count). The molecule has 10 heteroatoms. The number of hydrogen-bond acceptors (Lipinski definition) is 7. The van der Waals surface area contributed by atoms with Crippen LogP contribution >= 0.6 is 24.8 Å². The van der Waals surface area contributed by atoms with Crippen molar-refractivity contribution in [3.8, 4) is 6.07 Å². The fourth-order valence-electron chi connectivity index (χ4n) is 3.12. The van der Waals surface area contributed by atoms with Gasteiger partial charge in [-0.2, -0.15) is 10.4 Å². The van der Waals surface area contributed by atoms with Gasteiger partial charge in [0.25, 0.3) is 0 Å². The molecule has 3 N–H and O–H groups in total. The molecule has 136 valence electrons. The number of aromatic nitrogens is 4. The molecule has 2 atom stereocenters. The molecule has 26 heavy (non-hydrogen) atoms. The zero-order valence-electron chi connectivity index (χ0n) is 14.0. The lowest BCUT2D eigenvalue weighted by molar-refractivity contribution is 0.315. The minimum Gasteiger partial charge on any atom is -0.342 e. The fraction of sp³-hybridized carbons (Fsp3) is 0.250. The molecule has 0 spiro atoms. The van der Waals surface area contributed by atoms with E-state index in [1.54, 1.807) is 6.20 Å². The quantitative estimate of drug-likeness (QED) is 0.626. The number of hydrogen-bond donors (Lipinski definition) is 3. The normalized spacial score (nSPS) is 16.7. The summed E-state index contributed by atoms with van der Waals surface area (Å²) in [7, 11) is 1.86. The maximum absolute atomic E-state index is 9.86. The van der Waals surface area contributed by atoms with E-state index in [1.807, 2.05) is 32.2 Å². The average Bonchev–Trinajstić information content (AvgIpc) is 3.27. The van der Waals surface area contributed by atoms with Gasteiger partial charge in [-0.15, -0.1) is 24.8 Å². The van der Waals surface area contributed by atoms with Gasteiger partial charge in [-0.1, -0.05) is 12.1 Å². The monoisotopic (exact) mass is 393 g/mol. The number of allylic oxidation sites excluding steroid dienone is 1. The summed E-state index contributed by atoms with van der Waals surface area (Å²) in [5.41, 5.74) is 4.53. The Bertz CT molecular complexity index is 988. The summed E-state index contributed by atoms with van der Waals surface area (Å²) in [5.74, 6) is 0.496. The summed E-state index contributed by atoms with van der Waals surface area (Å²) in [6, 6.07) is 8.01. The number of nitrogens with zero attached hydrogens (tertiary/aromatic N) is 4. The molecule has 3 aromatic rings. The molecular weight excluding hydrogens is 377 g/mol. The number of rotatable bonds is 3. The van der Waals surface area contributed by atoms with Crippen LogP contribution in [0, 0.1) is 11.3 Å². The van der Waals surface area contributed by atoms with Gasteiger partial charge in [0, 0.05) is 17.3 Å². The first-order chi connectivity index (χ1) is 11.7. The number of H-pyrrole nitrogens is 1. The summed E-state index contributed by atoms with van der Waals surface area (Å²) >= 11 is 0. The van der Waals surface area contributed by atoms with Crippen LogP contribution in [0.2, 0.25) is 0 Å². The average molecular weight is 394 g/mol. The lowest BCUT2D eigenvalue weighted by Crippen LogP contribution is -2.32. The first kappa shape index (κ1) is 19.7. The Morgan fingerprint density at radius 2 is 2.08 bits per heavy atom. The van der Waals surface area contributed by atoms with E-state index in [1.165, 1.54) is 0 Å². The van der Waals surface area contributed by atoms with Crippen LogP contribution in [0.15, 0.2) is 40.3 Å². The Morgan fingerprint density at radius 1 is 1.27 bits per heavy atom. The largest absolute Gasteiger partial charge is 0.342 e. The standard InChI is InChI=1S/C16H15N7O.2ClH/c1-8(18-2)14-10(6-17)13(11-7-19-21-16(11)20-14)9-4-3-5-12-15(9)23-24-22-12;;/h3-5,7-8,13,18H,1-2H3,(H2,19,20,21);2*1H. The minimum absolute atomic E-state index is 0. The van der Waals surface area contributed by atoms with Crippen molar-refractivity contribution in [1.82, 2.24) is 25.8 Å². The zero-order valence-corrected chi connectivity index (χ0v) is 15.6. The molecule has 0 saturated heterocycles. The third kappa shape index (κ3) is 2.90. The molecule has 2 aromatic heterocycles. The summed E-state index contributed by atoms with van der Waals surface area (Å²) in [4.78, 5) is 0. The van der Waals surface area contributed by atoms with Crippen molar-refractivity contribution in [3.05, 3.63) is 46.8 Å². The third-order valence-electron chi connectivity index (χ3n) is 4.43. The zero-order chi connectivity index (χ0) is 16.7. The van der Waals surface area contributed by atoms with Crippen LogP contribution in [0.1, 0.15) is 24.0 Å². The van der Waals surface area contributed by atoms with E-state index < -0.39 is 0 Å². The highest BCUT2D eigenvalue weighted by molar-refractivity contribution is 5.85. The van der Waals surface area contributed by atoms with Crippen molar-refractivity contribution in [2.75, 3.05) is 12.4 Å². The van der Waals surface area contributed by atoms with Crippen LogP contribution in [0.25, 0.3) is 11.0 Å². The lowest BCUT2D eigenvalue weighted by atomic mass is 9.81. The van der Waals surface area contributed by atoms with Crippen LogP contribution < -0.4 is 10.6 Å². The fourth-order valence-corrected chi connectivity index (χ4v) is 3.12. The number of nitriles is 1. The minimum atomic E-state index is -0.286. The van der Waals surface area contributed by atoms with E-state index in [2.05, 4.69) is 37.2 Å². The highest BCUT2D eigenvalue weighted by Crippen LogP contribution is 2.42. The van der Waals surface area contributed by atoms with Crippen molar-refractivity contribution in [2.45, 2.75) is 18.9 Å². The van der Waals surface area contributed by atoms with Crippen molar-refractivity contribution < 1.29 is 4.63 Å². The van der Waals surface area contributed by atoms with Gasteiger partial charge in [0.1, 0.15) is 16.9 Å². The molecule has 1 aliphatic rings. The highest BCUT2D eigenvalue weighted by atomic mass is 35.5. The molecule has 3 heterocycles. The van der Waals surface area contributed by atoms with Crippen molar-refractivity contribution >= 4 is 41.7 Å². The Balaban J connectivity index is 0.00000121. The van der Waals surface area contributed by atoms with Crippen molar-refractivity contribution in [2.24, 2.45) is 0 Å². The van der Waals surface area contributed by atoms with Gasteiger partial charge in [0.15, 0.2) is 0 Å². The smallest absolute Gasteiger partial charge is 0.139 e. The third-order valence-corrected chi connectivity index (χ3v) is 4.43. The summed E-state index contributed by atoms with van der Waals surface area (Å²) in [6.07, 6.45) is 1.73. The second-order valence-electron chi connectivity index (χ2n) is 5.69. The van der Waals surface area contributed by atoms with Crippen molar-refractivity contribution in [3.63, 3.8) is 0 Å². The molecule has 0 aliphatic carbocycles. The molecule has 1 aromatic carbocycles. The molecule has 2 unspecified atom stereocenters. The Labute approximate surface area is 161 Å². The van der Waals surface area contributed by atoms with E-state index in [4.69, 9.17) is 4.63 Å². The number of fused-ring (bicyclic) bond motifs is 2. The van der Waals surface area contributed by atoms with Crippen molar-refractivity contribution in [1.29, 1.82) is 5.26 Å². The van der Waals surface area contributed by atoms with E-state index in [-0.39, 0.29) is 36.8 Å². The summed E-state index contributed by atoms with van der Waals surface area (Å²) in [5, 5.41) is 31.3. The van der Waals surface area contributed by atoms with E-state index >= 15 is 0 Å². The second-order valence-corrected chi connectivity index (χ2v) is 5.69. The van der Waals surface area contributed by atoms with E-state index in [9.17, 15) is 5.26 Å². The van der Waals surface area contributed by atoms with Crippen LogP contribution in [0.4, 0.5) is 5.82 Å². The predicted molar refractivity (Wildman–Crippen MR) is 102 cm³/mol. The molecule has 0 amide bonds. The van der Waals surface area contributed by atoms with Crippen LogP contribution in [0.3, 0.4) is 0 Å². The van der Waals surface area contributed by atoms with Gasteiger partial charge in [-0.05, 0) is 35.9 Å². The molecule has 8 nitrogen and oxygen atoms in total. The molecule has 1 aliphatic heterocycles. The first-order valence-corrected chi connectivity index (χ1v) is 7.57. The molecule has 0 radical (unpaired) electrons. The maximum Gasteiger partial charge on any atom is 0.139 e. The number of likely N-dealkylation sites (N-methyl/N-ethyl adjacent to an activating group) is 1. The van der Waals surface area contributed by atoms with E-state index in [0.29, 0.717) is 16.6 Å². The number of anilines is 1. The molecular formula is C16H17Cl2N7O. The number of benzene rings is 1. The van der Waals surface area contributed by atoms with Gasteiger partial charge >= 0.3 is 0 Å². The van der Waals surface area contributed by atoms with Gasteiger partial charge < -0.3 is 10.6 Å². The summed E-state index contributed by atoms with van der Waals surface area (Å²) < 4.78 is 4.88. The Hall–Kier alpha value is -2.60. The lowest BCUT2D eigenvalue weighted by Gasteiger charge is -2.29. The van der Waals surface area contributed by atoms with Crippen LogP contribution in [0.5, 0.6) is 0 Å². The van der Waals surface area contributed by atoms with Crippen LogP contribution in [-0.4, -0.2) is 33.6 Å². The molecule has 0 bridgehead atoms. The second kappa shape index (κ2) is 7.74. The number of nitrogens with one attached hydrogen (secondary N) is 3. The van der Waals surface area contributed by atoms with Gasteiger partial charge in [0.05, 0.1) is 23.8 Å². The molecule has 0 saturated carbocycles. The van der Waals surface area contributed by atoms with E-state index in [0.717, 1.165) is 22.6 Å². The summed E-state index contributed by atoms with van der Waals surface area (Å²) in [6.45, 7) is 2.00.